The van der Waals surface area contributed by atoms with Crippen molar-refractivity contribution < 1.29 is 14.0 Å². The van der Waals surface area contributed by atoms with Crippen molar-refractivity contribution in [3.63, 3.8) is 0 Å². The van der Waals surface area contributed by atoms with E-state index in [-0.39, 0.29) is 12.6 Å². The SMILES string of the molecule is C=C=CCOC(=O)C1=CCC[N+](C)(C)C1. The molecule has 82 valence electrons. The molecule has 0 atom stereocenters. The van der Waals surface area contributed by atoms with Crippen LogP contribution >= 0.6 is 0 Å². The number of carbonyl (C=O) groups excluding carboxylic acids is 1. The zero-order valence-corrected chi connectivity index (χ0v) is 9.45. The minimum absolute atomic E-state index is 0.215. The van der Waals surface area contributed by atoms with E-state index >= 15 is 0 Å². The van der Waals surface area contributed by atoms with Gasteiger partial charge in [0.2, 0.25) is 0 Å². The lowest BCUT2D eigenvalue weighted by Gasteiger charge is -2.32. The number of hydrogen-bond acceptors (Lipinski definition) is 2. The van der Waals surface area contributed by atoms with Gasteiger partial charge in [0, 0.05) is 6.42 Å². The van der Waals surface area contributed by atoms with E-state index in [0.717, 1.165) is 29.6 Å². The predicted octanol–water partition coefficient (Wildman–Crippen LogP) is 1.28. The fourth-order valence-electron chi connectivity index (χ4n) is 1.61. The summed E-state index contributed by atoms with van der Waals surface area (Å²) in [6, 6.07) is 0. The van der Waals surface area contributed by atoms with Gasteiger partial charge in [0.15, 0.2) is 0 Å². The van der Waals surface area contributed by atoms with Gasteiger partial charge in [0.25, 0.3) is 0 Å². The summed E-state index contributed by atoms with van der Waals surface area (Å²) in [5.41, 5.74) is 3.35. The fraction of sp³-hybridized carbons (Fsp3) is 0.500. The average molecular weight is 208 g/mol. The van der Waals surface area contributed by atoms with E-state index in [4.69, 9.17) is 4.74 Å². The van der Waals surface area contributed by atoms with Gasteiger partial charge in [-0.05, 0) is 6.08 Å². The Morgan fingerprint density at radius 3 is 3.07 bits per heavy atom. The zero-order chi connectivity index (χ0) is 11.3. The molecule has 0 bridgehead atoms. The molecule has 0 aromatic rings. The van der Waals surface area contributed by atoms with Crippen LogP contribution in [0.3, 0.4) is 0 Å². The van der Waals surface area contributed by atoms with Crippen molar-refractivity contribution in [1.29, 1.82) is 0 Å². The van der Waals surface area contributed by atoms with E-state index in [1.807, 2.05) is 6.08 Å². The molecular weight excluding hydrogens is 190 g/mol. The van der Waals surface area contributed by atoms with Crippen molar-refractivity contribution >= 4 is 5.97 Å². The molecule has 0 aromatic heterocycles. The lowest BCUT2D eigenvalue weighted by Crippen LogP contribution is -2.45. The third-order valence-corrected chi connectivity index (χ3v) is 2.43. The number of nitrogens with zero attached hydrogens (tertiary/aromatic N) is 1. The van der Waals surface area contributed by atoms with Gasteiger partial charge in [0.1, 0.15) is 13.2 Å². The normalized spacial score (nSPS) is 18.7. The van der Waals surface area contributed by atoms with Crippen molar-refractivity contribution in [1.82, 2.24) is 0 Å². The highest BCUT2D eigenvalue weighted by molar-refractivity contribution is 5.88. The maximum absolute atomic E-state index is 11.6. The summed E-state index contributed by atoms with van der Waals surface area (Å²) in [5, 5.41) is 0. The molecule has 0 aliphatic carbocycles. The molecule has 15 heavy (non-hydrogen) atoms. The topological polar surface area (TPSA) is 26.3 Å². The standard InChI is InChI=1S/C12H18NO2/c1-4-5-9-15-12(14)11-7-6-8-13(2,3)10-11/h5,7H,1,6,8-10H2,2-3H3/q+1. The van der Waals surface area contributed by atoms with E-state index in [0.29, 0.717) is 0 Å². The second-order valence-electron chi connectivity index (χ2n) is 4.34. The smallest absolute Gasteiger partial charge is 0.339 e. The van der Waals surface area contributed by atoms with Gasteiger partial charge >= 0.3 is 5.97 Å². The molecule has 1 rings (SSSR count). The highest BCUT2D eigenvalue weighted by Crippen LogP contribution is 2.14. The van der Waals surface area contributed by atoms with Crippen molar-refractivity contribution in [2.75, 3.05) is 33.8 Å². The molecule has 3 nitrogen and oxygen atoms in total. The van der Waals surface area contributed by atoms with Crippen molar-refractivity contribution in [2.45, 2.75) is 6.42 Å². The van der Waals surface area contributed by atoms with Gasteiger partial charge < -0.3 is 9.22 Å². The van der Waals surface area contributed by atoms with Crippen LogP contribution in [-0.4, -0.2) is 44.2 Å². The molecule has 1 aliphatic heterocycles. The molecule has 0 aromatic carbocycles. The maximum Gasteiger partial charge on any atom is 0.339 e. The zero-order valence-electron chi connectivity index (χ0n) is 9.45. The van der Waals surface area contributed by atoms with Crippen LogP contribution in [0.25, 0.3) is 0 Å². The molecule has 0 N–H and O–H groups in total. The second kappa shape index (κ2) is 4.96. The van der Waals surface area contributed by atoms with Gasteiger partial charge in [0.05, 0.1) is 26.2 Å². The molecule has 1 heterocycles. The molecule has 0 saturated heterocycles. The molecule has 0 amide bonds. The van der Waals surface area contributed by atoms with E-state index in [2.05, 4.69) is 26.4 Å². The van der Waals surface area contributed by atoms with Gasteiger partial charge in [-0.3, -0.25) is 0 Å². The maximum atomic E-state index is 11.6. The Bertz CT molecular complexity index is 323. The van der Waals surface area contributed by atoms with E-state index < -0.39 is 0 Å². The first-order chi connectivity index (χ1) is 7.05. The third kappa shape index (κ3) is 3.74. The van der Waals surface area contributed by atoms with E-state index in [1.165, 1.54) is 0 Å². The molecule has 1 aliphatic rings. The summed E-state index contributed by atoms with van der Waals surface area (Å²) in [5.74, 6) is -0.215. The molecule has 0 unspecified atom stereocenters. The molecule has 0 saturated carbocycles. The molecule has 0 radical (unpaired) electrons. The van der Waals surface area contributed by atoms with Crippen LogP contribution in [0.5, 0.6) is 0 Å². The Kier molecular flexibility index (Phi) is 3.89. The van der Waals surface area contributed by atoms with Crippen LogP contribution in [0.2, 0.25) is 0 Å². The number of likely N-dealkylation sites (N-methyl/N-ethyl adjacent to an activating group) is 1. The fourth-order valence-corrected chi connectivity index (χ4v) is 1.61. The number of hydrogen-bond donors (Lipinski definition) is 0. The van der Waals surface area contributed by atoms with Crippen LogP contribution < -0.4 is 0 Å². The van der Waals surface area contributed by atoms with Gasteiger partial charge in [-0.25, -0.2) is 4.79 Å². The number of ether oxygens (including phenoxy) is 1. The summed E-state index contributed by atoms with van der Waals surface area (Å²) in [6.07, 6.45) is 4.51. The van der Waals surface area contributed by atoms with Gasteiger partial charge in [-0.2, -0.15) is 0 Å². The summed E-state index contributed by atoms with van der Waals surface area (Å²) < 4.78 is 5.89. The first kappa shape index (κ1) is 11.8. The molecule has 0 fully saturated rings. The van der Waals surface area contributed by atoms with Crippen LogP contribution in [0.15, 0.2) is 30.0 Å². The summed E-state index contributed by atoms with van der Waals surface area (Å²) in [4.78, 5) is 11.6. The van der Waals surface area contributed by atoms with Crippen molar-refractivity contribution in [3.05, 3.63) is 30.0 Å². The second-order valence-corrected chi connectivity index (χ2v) is 4.34. The van der Waals surface area contributed by atoms with E-state index in [9.17, 15) is 4.79 Å². The van der Waals surface area contributed by atoms with Crippen molar-refractivity contribution in [2.24, 2.45) is 0 Å². The monoisotopic (exact) mass is 208 g/mol. The largest absolute Gasteiger partial charge is 0.457 e. The highest BCUT2D eigenvalue weighted by atomic mass is 16.5. The Labute approximate surface area is 90.9 Å². The summed E-state index contributed by atoms with van der Waals surface area (Å²) in [7, 11) is 4.23. The molecule has 3 heteroatoms. The lowest BCUT2D eigenvalue weighted by molar-refractivity contribution is -0.886. The minimum atomic E-state index is -0.215. The minimum Gasteiger partial charge on any atom is -0.457 e. The van der Waals surface area contributed by atoms with Crippen LogP contribution in [0, 0.1) is 0 Å². The van der Waals surface area contributed by atoms with E-state index in [1.54, 1.807) is 6.08 Å². The molecular formula is C12H18NO2+. The predicted molar refractivity (Wildman–Crippen MR) is 59.2 cm³/mol. The Balaban J connectivity index is 2.53. The van der Waals surface area contributed by atoms with Crippen LogP contribution in [0.1, 0.15) is 6.42 Å². The number of rotatable bonds is 3. The van der Waals surface area contributed by atoms with Crippen molar-refractivity contribution in [3.8, 4) is 0 Å². The number of carbonyl (C=O) groups is 1. The third-order valence-electron chi connectivity index (χ3n) is 2.43. The Morgan fingerprint density at radius 2 is 2.47 bits per heavy atom. The summed E-state index contributed by atoms with van der Waals surface area (Å²) >= 11 is 0. The first-order valence-corrected chi connectivity index (χ1v) is 5.07. The summed E-state index contributed by atoms with van der Waals surface area (Å²) in [6.45, 7) is 5.48. The highest BCUT2D eigenvalue weighted by Gasteiger charge is 2.25. The van der Waals surface area contributed by atoms with Crippen LogP contribution in [0.4, 0.5) is 0 Å². The average Bonchev–Trinajstić information content (AvgIpc) is 2.16. The number of esters is 1. The molecule has 0 spiro atoms. The Hall–Kier alpha value is -1.31. The first-order valence-electron chi connectivity index (χ1n) is 5.07. The Morgan fingerprint density at radius 1 is 1.73 bits per heavy atom. The van der Waals surface area contributed by atoms with Gasteiger partial charge in [-0.15, -0.1) is 5.73 Å². The lowest BCUT2D eigenvalue weighted by atomic mass is 10.1. The van der Waals surface area contributed by atoms with Gasteiger partial charge in [-0.1, -0.05) is 12.7 Å². The van der Waals surface area contributed by atoms with Crippen LogP contribution in [-0.2, 0) is 9.53 Å². The number of quaternary nitrogens is 1. The quantitative estimate of drug-likeness (QED) is 0.397.